The molecule has 4 nitrogen and oxygen atoms in total. The number of nitrogens with one attached hydrogen (secondary N) is 1. The zero-order chi connectivity index (χ0) is 13.9. The molecule has 0 unspecified atom stereocenters. The largest absolute Gasteiger partial charge is 0.493 e. The summed E-state index contributed by atoms with van der Waals surface area (Å²) in [5, 5.41) is 2.89. The van der Waals surface area contributed by atoms with Crippen LogP contribution < -0.4 is 14.8 Å². The second-order valence-electron chi connectivity index (χ2n) is 4.87. The Bertz CT molecular complexity index is 452. The van der Waals surface area contributed by atoms with E-state index in [0.717, 1.165) is 9.26 Å². The molecule has 0 aliphatic rings. The van der Waals surface area contributed by atoms with Crippen molar-refractivity contribution in [3.05, 3.63) is 15.7 Å². The van der Waals surface area contributed by atoms with E-state index in [0.29, 0.717) is 11.5 Å². The Morgan fingerprint density at radius 1 is 1.22 bits per heavy atom. The molecule has 0 saturated heterocycles. The maximum Gasteiger partial charge on any atom is 0.229 e. The lowest BCUT2D eigenvalue weighted by atomic mass is 9.95. The number of carbonyl (C=O) groups is 1. The van der Waals surface area contributed by atoms with Gasteiger partial charge in [-0.2, -0.15) is 0 Å². The van der Waals surface area contributed by atoms with Gasteiger partial charge in [-0.15, -0.1) is 0 Å². The predicted molar refractivity (Wildman–Crippen MR) is 80.3 cm³/mol. The second kappa shape index (κ2) is 5.77. The van der Waals surface area contributed by atoms with Gasteiger partial charge < -0.3 is 14.8 Å². The third-order valence-electron chi connectivity index (χ3n) is 2.41. The third kappa shape index (κ3) is 3.28. The molecular weight excluding hydrogens is 345 g/mol. The first-order valence-electron chi connectivity index (χ1n) is 5.53. The standard InChI is InChI=1S/C13H18INO3/c1-13(2,3)12(16)15-8-6-7-9(17-4)11(18-5)10(8)14/h6-7H,1-5H3,(H,15,16). The number of hydrogen-bond acceptors (Lipinski definition) is 3. The van der Waals surface area contributed by atoms with E-state index in [9.17, 15) is 4.79 Å². The normalized spacial score (nSPS) is 11.0. The molecule has 1 aromatic rings. The van der Waals surface area contributed by atoms with Gasteiger partial charge in [0.15, 0.2) is 11.5 Å². The van der Waals surface area contributed by atoms with Crippen molar-refractivity contribution in [2.75, 3.05) is 19.5 Å². The Morgan fingerprint density at radius 3 is 2.28 bits per heavy atom. The first kappa shape index (κ1) is 15.1. The number of carbonyl (C=O) groups excluding carboxylic acids is 1. The van der Waals surface area contributed by atoms with Crippen molar-refractivity contribution in [3.63, 3.8) is 0 Å². The van der Waals surface area contributed by atoms with Crippen molar-refractivity contribution in [2.45, 2.75) is 20.8 Å². The number of ether oxygens (including phenoxy) is 2. The van der Waals surface area contributed by atoms with Crippen molar-refractivity contribution in [2.24, 2.45) is 5.41 Å². The van der Waals surface area contributed by atoms with Crippen LogP contribution in [0.3, 0.4) is 0 Å². The number of anilines is 1. The lowest BCUT2D eigenvalue weighted by Crippen LogP contribution is -2.28. The molecular formula is C13H18INO3. The van der Waals surface area contributed by atoms with E-state index in [1.54, 1.807) is 20.3 Å². The number of benzene rings is 1. The summed E-state index contributed by atoms with van der Waals surface area (Å²) in [6.07, 6.45) is 0. The molecule has 0 aliphatic carbocycles. The quantitative estimate of drug-likeness (QED) is 0.839. The molecule has 0 aliphatic heterocycles. The van der Waals surface area contributed by atoms with Gasteiger partial charge in [0.1, 0.15) is 0 Å². The third-order valence-corrected chi connectivity index (χ3v) is 3.49. The van der Waals surface area contributed by atoms with E-state index >= 15 is 0 Å². The van der Waals surface area contributed by atoms with Gasteiger partial charge in [-0.3, -0.25) is 4.79 Å². The molecule has 1 N–H and O–H groups in total. The van der Waals surface area contributed by atoms with Gasteiger partial charge in [0.05, 0.1) is 23.5 Å². The van der Waals surface area contributed by atoms with Crippen molar-refractivity contribution < 1.29 is 14.3 Å². The molecule has 0 bridgehead atoms. The maximum atomic E-state index is 12.0. The van der Waals surface area contributed by atoms with Crippen LogP contribution in [0.25, 0.3) is 0 Å². The van der Waals surface area contributed by atoms with E-state index in [1.165, 1.54) is 0 Å². The molecule has 100 valence electrons. The minimum absolute atomic E-state index is 0.0346. The molecule has 0 fully saturated rings. The Morgan fingerprint density at radius 2 is 1.83 bits per heavy atom. The lowest BCUT2D eigenvalue weighted by Gasteiger charge is -2.19. The summed E-state index contributed by atoms with van der Waals surface area (Å²) in [7, 11) is 3.16. The summed E-state index contributed by atoms with van der Waals surface area (Å²) < 4.78 is 11.3. The smallest absolute Gasteiger partial charge is 0.229 e. The SMILES string of the molecule is COc1ccc(NC(=O)C(C)(C)C)c(I)c1OC. The molecule has 18 heavy (non-hydrogen) atoms. The van der Waals surface area contributed by atoms with E-state index in [-0.39, 0.29) is 5.91 Å². The van der Waals surface area contributed by atoms with Crippen molar-refractivity contribution in [1.82, 2.24) is 0 Å². The minimum Gasteiger partial charge on any atom is -0.493 e. The van der Waals surface area contributed by atoms with Crippen LogP contribution in [0.1, 0.15) is 20.8 Å². The molecule has 0 heterocycles. The van der Waals surface area contributed by atoms with Gasteiger partial charge in [-0.25, -0.2) is 0 Å². The van der Waals surface area contributed by atoms with Gasteiger partial charge >= 0.3 is 0 Å². The fourth-order valence-electron chi connectivity index (χ4n) is 1.30. The zero-order valence-corrected chi connectivity index (χ0v) is 13.4. The first-order chi connectivity index (χ1) is 8.31. The highest BCUT2D eigenvalue weighted by molar-refractivity contribution is 14.1. The van der Waals surface area contributed by atoms with Gasteiger partial charge in [-0.05, 0) is 34.7 Å². The van der Waals surface area contributed by atoms with E-state index in [1.807, 2.05) is 26.8 Å². The van der Waals surface area contributed by atoms with Crippen LogP contribution in [0, 0.1) is 8.99 Å². The van der Waals surface area contributed by atoms with Crippen molar-refractivity contribution in [3.8, 4) is 11.5 Å². The number of hydrogen-bond donors (Lipinski definition) is 1. The number of halogens is 1. The Kier molecular flexibility index (Phi) is 4.84. The second-order valence-corrected chi connectivity index (χ2v) is 5.95. The highest BCUT2D eigenvalue weighted by Crippen LogP contribution is 2.37. The van der Waals surface area contributed by atoms with Crippen LogP contribution in [0.5, 0.6) is 11.5 Å². The van der Waals surface area contributed by atoms with Crippen LogP contribution in [-0.2, 0) is 4.79 Å². The predicted octanol–water partition coefficient (Wildman–Crippen LogP) is 3.29. The lowest BCUT2D eigenvalue weighted by molar-refractivity contribution is -0.123. The average Bonchev–Trinajstić information content (AvgIpc) is 2.30. The van der Waals surface area contributed by atoms with E-state index < -0.39 is 5.41 Å². The molecule has 0 spiro atoms. The molecule has 1 amide bonds. The summed E-state index contributed by atoms with van der Waals surface area (Å²) in [4.78, 5) is 12.0. The summed E-state index contributed by atoms with van der Waals surface area (Å²) in [6, 6.07) is 3.59. The molecule has 0 radical (unpaired) electrons. The number of rotatable bonds is 3. The summed E-state index contributed by atoms with van der Waals surface area (Å²) >= 11 is 2.13. The summed E-state index contributed by atoms with van der Waals surface area (Å²) in [6.45, 7) is 5.61. The Balaban J connectivity index is 3.09. The monoisotopic (exact) mass is 363 g/mol. The van der Waals surface area contributed by atoms with E-state index in [2.05, 4.69) is 27.9 Å². The zero-order valence-electron chi connectivity index (χ0n) is 11.3. The van der Waals surface area contributed by atoms with Gasteiger partial charge in [0, 0.05) is 5.41 Å². The number of amides is 1. The highest BCUT2D eigenvalue weighted by Gasteiger charge is 2.23. The minimum atomic E-state index is -0.434. The molecule has 1 rings (SSSR count). The Hall–Kier alpha value is -0.980. The topological polar surface area (TPSA) is 47.6 Å². The maximum absolute atomic E-state index is 12.0. The molecule has 5 heteroatoms. The van der Waals surface area contributed by atoms with E-state index in [4.69, 9.17) is 9.47 Å². The molecule has 1 aromatic carbocycles. The van der Waals surface area contributed by atoms with Crippen LogP contribution in [0.4, 0.5) is 5.69 Å². The first-order valence-corrected chi connectivity index (χ1v) is 6.61. The van der Waals surface area contributed by atoms with Crippen molar-refractivity contribution in [1.29, 1.82) is 0 Å². The molecule has 0 aromatic heterocycles. The Labute approximate surface area is 121 Å². The summed E-state index contributed by atoms with van der Waals surface area (Å²) in [5.74, 6) is 1.24. The average molecular weight is 363 g/mol. The van der Waals surface area contributed by atoms with Crippen LogP contribution in [-0.4, -0.2) is 20.1 Å². The molecule has 0 atom stereocenters. The van der Waals surface area contributed by atoms with Gasteiger partial charge in [0.25, 0.3) is 0 Å². The highest BCUT2D eigenvalue weighted by atomic mass is 127. The van der Waals surface area contributed by atoms with Gasteiger partial charge in [0.2, 0.25) is 5.91 Å². The van der Waals surface area contributed by atoms with Crippen LogP contribution >= 0.6 is 22.6 Å². The van der Waals surface area contributed by atoms with Crippen LogP contribution in [0.15, 0.2) is 12.1 Å². The fraction of sp³-hybridized carbons (Fsp3) is 0.462. The fourth-order valence-corrected chi connectivity index (χ4v) is 2.10. The van der Waals surface area contributed by atoms with Gasteiger partial charge in [-0.1, -0.05) is 20.8 Å². The summed E-state index contributed by atoms with van der Waals surface area (Å²) in [5.41, 5.74) is 0.296. The molecule has 0 saturated carbocycles. The van der Waals surface area contributed by atoms with Crippen LogP contribution in [0.2, 0.25) is 0 Å². The number of methoxy groups -OCH3 is 2. The van der Waals surface area contributed by atoms with Crippen molar-refractivity contribution >= 4 is 34.2 Å².